The lowest BCUT2D eigenvalue weighted by atomic mass is 10.0. The van der Waals surface area contributed by atoms with E-state index in [0.29, 0.717) is 0 Å². The summed E-state index contributed by atoms with van der Waals surface area (Å²) in [6.45, 7) is 0.280. The number of carbonyl (C=O) groups is 2. The molecule has 1 heterocycles. The zero-order valence-corrected chi connectivity index (χ0v) is 19.2. The Hall–Kier alpha value is -3.51. The second-order valence-corrected chi connectivity index (χ2v) is 9.67. The number of carbonyl (C=O) groups excluding carboxylic acids is 2. The first-order valence-electron chi connectivity index (χ1n) is 9.82. The molecule has 2 atom stereocenters. The minimum Gasteiger partial charge on any atom is -0.475 e. The molecule has 1 aliphatic heterocycles. The second-order valence-electron chi connectivity index (χ2n) is 7.26. The maximum absolute atomic E-state index is 13.4. The van der Waals surface area contributed by atoms with Crippen LogP contribution < -0.4 is 4.74 Å². The largest absolute Gasteiger partial charge is 0.511 e. The van der Waals surface area contributed by atoms with Crippen LogP contribution in [0.2, 0.25) is 0 Å². The number of esters is 1. The standard InChI is InChI=1S/C18H17F8NO9S/c1-10(35-17(29)32-6-2-3-7-33-27(30)31)34-16(28)13-9-11-8-12(37(22,23,24,25)26)4-5-14(11)36-15(13)18(19,20)21/h4-5,8-10,15H,2-3,6-7H2,1H3/t10?,15-/m0/s1. The number of rotatable bonds is 10. The topological polar surface area (TPSA) is 123 Å². The van der Waals surface area contributed by atoms with E-state index in [1.807, 2.05) is 0 Å². The molecule has 0 aromatic heterocycles. The molecule has 0 saturated heterocycles. The zero-order chi connectivity index (χ0) is 28.3. The Bertz CT molecular complexity index is 1090. The predicted molar refractivity (Wildman–Crippen MR) is 106 cm³/mol. The van der Waals surface area contributed by atoms with E-state index in [1.54, 1.807) is 0 Å². The Kier molecular flexibility index (Phi) is 7.83. The van der Waals surface area contributed by atoms with Gasteiger partial charge in [0.05, 0.1) is 18.8 Å². The minimum atomic E-state index is -10.2. The molecular formula is C18H17F8NO9S. The van der Waals surface area contributed by atoms with Crippen molar-refractivity contribution in [1.82, 2.24) is 0 Å². The first-order valence-corrected chi connectivity index (χ1v) is 11.8. The van der Waals surface area contributed by atoms with Crippen LogP contribution in [-0.4, -0.2) is 49.0 Å². The van der Waals surface area contributed by atoms with E-state index in [1.165, 1.54) is 0 Å². The lowest BCUT2D eigenvalue weighted by Crippen LogP contribution is -2.41. The summed E-state index contributed by atoms with van der Waals surface area (Å²) in [6.07, 6.45) is -11.2. The van der Waals surface area contributed by atoms with Gasteiger partial charge in [0.25, 0.3) is 5.09 Å². The van der Waals surface area contributed by atoms with Gasteiger partial charge in [-0.15, -0.1) is 10.1 Å². The lowest BCUT2D eigenvalue weighted by molar-refractivity contribution is -0.757. The van der Waals surface area contributed by atoms with Crippen molar-refractivity contribution in [3.8, 4) is 5.75 Å². The van der Waals surface area contributed by atoms with E-state index in [4.69, 9.17) is 0 Å². The van der Waals surface area contributed by atoms with Crippen molar-refractivity contribution in [1.29, 1.82) is 0 Å². The molecule has 0 spiro atoms. The third kappa shape index (κ3) is 8.83. The van der Waals surface area contributed by atoms with Crippen molar-refractivity contribution in [2.45, 2.75) is 43.2 Å². The smallest absolute Gasteiger partial charge is 0.475 e. The van der Waals surface area contributed by atoms with Crippen molar-refractivity contribution < 1.29 is 71.1 Å². The maximum Gasteiger partial charge on any atom is 0.511 e. The Balaban J connectivity index is 2.12. The highest BCUT2D eigenvalue weighted by molar-refractivity contribution is 8.45. The highest BCUT2D eigenvalue weighted by Gasteiger charge is 2.65. The molecule has 1 aromatic carbocycles. The molecule has 0 saturated carbocycles. The molecule has 1 aliphatic rings. The summed E-state index contributed by atoms with van der Waals surface area (Å²) in [5.74, 6) is -2.70. The van der Waals surface area contributed by atoms with Gasteiger partial charge in [0.2, 0.25) is 12.4 Å². The number of unbranched alkanes of at least 4 members (excludes halogenated alkanes) is 1. The van der Waals surface area contributed by atoms with Gasteiger partial charge in [0.1, 0.15) is 10.6 Å². The maximum atomic E-state index is 13.4. The summed E-state index contributed by atoms with van der Waals surface area (Å²) >= 11 is 0. The van der Waals surface area contributed by atoms with E-state index in [2.05, 4.69) is 23.8 Å². The number of hydrogen-bond donors (Lipinski definition) is 0. The van der Waals surface area contributed by atoms with Gasteiger partial charge in [-0.3, -0.25) is 0 Å². The molecule has 0 radical (unpaired) electrons. The number of fused-ring (bicyclic) bond motifs is 1. The van der Waals surface area contributed by atoms with Gasteiger partial charge >= 0.3 is 28.5 Å². The predicted octanol–water partition coefficient (Wildman–Crippen LogP) is 6.08. The van der Waals surface area contributed by atoms with Crippen LogP contribution in [0.1, 0.15) is 25.3 Å². The number of alkyl halides is 3. The number of ether oxygens (including phenoxy) is 4. The molecule has 2 rings (SSSR count). The van der Waals surface area contributed by atoms with Gasteiger partial charge < -0.3 is 23.8 Å². The summed E-state index contributed by atoms with van der Waals surface area (Å²) in [7, 11) is -10.2. The SMILES string of the molecule is CC(OC(=O)OCCCCO[N+](=O)[O-])OC(=O)C1=Cc2cc(S(F)(F)(F)(F)F)ccc2O[C@@H]1C(F)(F)F. The number of hydrogen-bond acceptors (Lipinski definition) is 9. The molecule has 0 N–H and O–H groups in total. The van der Waals surface area contributed by atoms with E-state index < -0.39 is 67.8 Å². The van der Waals surface area contributed by atoms with Crippen LogP contribution in [0.15, 0.2) is 28.7 Å². The Labute approximate surface area is 201 Å². The number of nitrogens with zero attached hydrogens (tertiary/aromatic N) is 1. The van der Waals surface area contributed by atoms with Crippen LogP contribution in [0.3, 0.4) is 0 Å². The quantitative estimate of drug-likeness (QED) is 0.0815. The summed E-state index contributed by atoms with van der Waals surface area (Å²) in [5.41, 5.74) is -2.32. The molecule has 0 aliphatic carbocycles. The summed E-state index contributed by atoms with van der Waals surface area (Å²) < 4.78 is 124. The average Bonchev–Trinajstić information content (AvgIpc) is 2.72. The van der Waals surface area contributed by atoms with Crippen LogP contribution in [0.5, 0.6) is 5.75 Å². The lowest BCUT2D eigenvalue weighted by Gasteiger charge is -2.41. The van der Waals surface area contributed by atoms with Gasteiger partial charge in [-0.05, 0) is 37.1 Å². The molecule has 19 heteroatoms. The fraction of sp³-hybridized carbons (Fsp3) is 0.444. The van der Waals surface area contributed by atoms with Gasteiger partial charge in [0, 0.05) is 12.5 Å². The zero-order valence-electron chi connectivity index (χ0n) is 18.3. The third-order valence-corrected chi connectivity index (χ3v) is 5.43. The highest BCUT2D eigenvalue weighted by atomic mass is 32.5. The average molecular weight is 575 g/mol. The van der Waals surface area contributed by atoms with E-state index in [9.17, 15) is 52.3 Å². The van der Waals surface area contributed by atoms with E-state index in [0.717, 1.165) is 6.92 Å². The Morgan fingerprint density at radius 1 is 1.11 bits per heavy atom. The van der Waals surface area contributed by atoms with Gasteiger partial charge in [-0.2, -0.15) is 13.2 Å². The molecular weight excluding hydrogens is 558 g/mol. The second kappa shape index (κ2) is 9.75. The normalized spacial score (nSPS) is 18.1. The van der Waals surface area contributed by atoms with Crippen LogP contribution in [-0.2, 0) is 23.8 Å². The Morgan fingerprint density at radius 3 is 2.30 bits per heavy atom. The minimum absolute atomic E-state index is 0.0922. The van der Waals surface area contributed by atoms with Gasteiger partial charge in [0.15, 0.2) is 0 Å². The first kappa shape index (κ1) is 29.7. The van der Waals surface area contributed by atoms with Crippen molar-refractivity contribution in [2.75, 3.05) is 13.2 Å². The molecule has 10 nitrogen and oxygen atoms in total. The van der Waals surface area contributed by atoms with Crippen LogP contribution in [0.4, 0.5) is 37.4 Å². The first-order chi connectivity index (χ1) is 16.7. The van der Waals surface area contributed by atoms with Crippen molar-refractivity contribution in [3.63, 3.8) is 0 Å². The molecule has 0 bridgehead atoms. The molecule has 1 aromatic rings. The summed E-state index contributed by atoms with van der Waals surface area (Å²) in [4.78, 5) is 35.4. The van der Waals surface area contributed by atoms with Crippen molar-refractivity contribution in [3.05, 3.63) is 39.4 Å². The third-order valence-electron chi connectivity index (χ3n) is 4.29. The Morgan fingerprint density at radius 2 is 1.73 bits per heavy atom. The van der Waals surface area contributed by atoms with Crippen LogP contribution >= 0.6 is 10.2 Å². The molecule has 0 fully saturated rings. The summed E-state index contributed by atoms with van der Waals surface area (Å²) in [5, 5.41) is 8.93. The van der Waals surface area contributed by atoms with Gasteiger partial charge in [-0.25, -0.2) is 9.59 Å². The number of benzene rings is 1. The van der Waals surface area contributed by atoms with E-state index >= 15 is 0 Å². The highest BCUT2D eigenvalue weighted by Crippen LogP contribution is 3.02. The molecule has 210 valence electrons. The monoisotopic (exact) mass is 575 g/mol. The summed E-state index contributed by atoms with van der Waals surface area (Å²) in [6, 6.07) is -0.0716. The van der Waals surface area contributed by atoms with Crippen LogP contribution in [0, 0.1) is 10.1 Å². The molecule has 37 heavy (non-hydrogen) atoms. The molecule has 1 unspecified atom stereocenters. The van der Waals surface area contributed by atoms with Crippen molar-refractivity contribution in [2.24, 2.45) is 0 Å². The number of halogens is 8. The van der Waals surface area contributed by atoms with Crippen LogP contribution in [0.25, 0.3) is 6.08 Å². The fourth-order valence-electron chi connectivity index (χ4n) is 2.74. The molecule has 0 amide bonds. The van der Waals surface area contributed by atoms with Gasteiger partial charge in [-0.1, -0.05) is 19.4 Å². The van der Waals surface area contributed by atoms with Crippen molar-refractivity contribution >= 4 is 28.4 Å². The van der Waals surface area contributed by atoms with E-state index in [-0.39, 0.29) is 50.3 Å². The fourth-order valence-corrected chi connectivity index (χ4v) is 3.42.